The number of hydrogen-bond acceptors (Lipinski definition) is 3. The van der Waals surface area contributed by atoms with Crippen LogP contribution in [0.25, 0.3) is 0 Å². The maximum Gasteiger partial charge on any atom is 0.0762 e. The zero-order valence-corrected chi connectivity index (χ0v) is 13.7. The third kappa shape index (κ3) is 3.82. The number of ether oxygens (including phenoxy) is 1. The van der Waals surface area contributed by atoms with Gasteiger partial charge in [-0.25, -0.2) is 0 Å². The van der Waals surface area contributed by atoms with E-state index in [2.05, 4.69) is 12.1 Å². The van der Waals surface area contributed by atoms with Gasteiger partial charge in [-0.2, -0.15) is 0 Å². The summed E-state index contributed by atoms with van der Waals surface area (Å²) in [5, 5.41) is 9.66. The fourth-order valence-corrected chi connectivity index (χ4v) is 4.64. The fourth-order valence-electron chi connectivity index (χ4n) is 3.63. The lowest BCUT2D eigenvalue weighted by Gasteiger charge is -2.33. The highest BCUT2D eigenvalue weighted by atomic mass is 32.2. The van der Waals surface area contributed by atoms with E-state index in [1.807, 2.05) is 30.8 Å². The van der Waals surface area contributed by atoms with Crippen LogP contribution in [0.4, 0.5) is 0 Å². The number of benzene rings is 1. The van der Waals surface area contributed by atoms with E-state index in [1.165, 1.54) is 49.8 Å². The minimum Gasteiger partial charge on any atom is -0.389 e. The first kappa shape index (κ1) is 15.4. The summed E-state index contributed by atoms with van der Waals surface area (Å²) in [4.78, 5) is 1.24. The van der Waals surface area contributed by atoms with Gasteiger partial charge < -0.3 is 9.84 Å². The quantitative estimate of drug-likeness (QED) is 0.817. The SMILES string of the molecule is CC(O)c1cccc(SCC2CCC3(CCCCC3)O2)c1. The van der Waals surface area contributed by atoms with Crippen molar-refractivity contribution in [3.63, 3.8) is 0 Å². The predicted molar refractivity (Wildman–Crippen MR) is 87.7 cm³/mol. The molecule has 1 heterocycles. The Balaban J connectivity index is 1.53. The number of aliphatic hydroxyl groups excluding tert-OH is 1. The Kier molecular flexibility index (Phi) is 4.92. The van der Waals surface area contributed by atoms with E-state index in [0.29, 0.717) is 6.10 Å². The molecule has 1 N–H and O–H groups in total. The second-order valence-corrected chi connectivity index (χ2v) is 7.68. The minimum atomic E-state index is -0.390. The Labute approximate surface area is 132 Å². The Hall–Kier alpha value is -0.510. The summed E-state index contributed by atoms with van der Waals surface area (Å²) in [5.74, 6) is 1.03. The lowest BCUT2D eigenvalue weighted by Crippen LogP contribution is -2.32. The fraction of sp³-hybridized carbons (Fsp3) is 0.667. The molecule has 2 fully saturated rings. The van der Waals surface area contributed by atoms with Gasteiger partial charge in [0.25, 0.3) is 0 Å². The molecule has 1 spiro atoms. The van der Waals surface area contributed by atoms with Crippen molar-refractivity contribution in [1.29, 1.82) is 0 Å². The summed E-state index contributed by atoms with van der Waals surface area (Å²) in [6.45, 7) is 1.82. The molecule has 0 amide bonds. The van der Waals surface area contributed by atoms with Gasteiger partial charge >= 0.3 is 0 Å². The molecule has 2 atom stereocenters. The second-order valence-electron chi connectivity index (χ2n) is 6.58. The first-order valence-electron chi connectivity index (χ1n) is 8.26. The van der Waals surface area contributed by atoms with Gasteiger partial charge in [0.1, 0.15) is 0 Å². The molecule has 1 aromatic carbocycles. The maximum atomic E-state index is 9.66. The Morgan fingerprint density at radius 3 is 2.86 bits per heavy atom. The van der Waals surface area contributed by atoms with Gasteiger partial charge in [-0.15, -0.1) is 11.8 Å². The molecule has 0 aromatic heterocycles. The predicted octanol–water partition coefficient (Wildman–Crippen LogP) is 4.71. The van der Waals surface area contributed by atoms with E-state index in [4.69, 9.17) is 4.74 Å². The number of rotatable bonds is 4. The van der Waals surface area contributed by atoms with Gasteiger partial charge in [0, 0.05) is 10.6 Å². The summed E-state index contributed by atoms with van der Waals surface area (Å²) >= 11 is 1.86. The van der Waals surface area contributed by atoms with Crippen molar-refractivity contribution >= 4 is 11.8 Å². The normalized spacial score (nSPS) is 26.1. The zero-order chi connectivity index (χ0) is 14.7. The molecule has 2 aliphatic rings. The zero-order valence-electron chi connectivity index (χ0n) is 12.9. The van der Waals surface area contributed by atoms with Gasteiger partial charge in [0.15, 0.2) is 0 Å². The number of thioether (sulfide) groups is 1. The lowest BCUT2D eigenvalue weighted by atomic mass is 9.83. The summed E-state index contributed by atoms with van der Waals surface area (Å²) in [6.07, 6.45) is 9.09. The van der Waals surface area contributed by atoms with Crippen LogP contribution in [0.2, 0.25) is 0 Å². The van der Waals surface area contributed by atoms with Gasteiger partial charge in [0.2, 0.25) is 0 Å². The molecule has 2 nitrogen and oxygen atoms in total. The standard InChI is InChI=1S/C18H26O2S/c1-14(19)15-6-5-7-17(12-15)21-13-16-8-11-18(20-16)9-3-2-4-10-18/h5-7,12,14,16,19H,2-4,8-11,13H2,1H3. The van der Waals surface area contributed by atoms with E-state index in [1.54, 1.807) is 0 Å². The Bertz CT molecular complexity index is 466. The van der Waals surface area contributed by atoms with Crippen molar-refractivity contribution in [2.45, 2.75) is 74.6 Å². The monoisotopic (exact) mass is 306 g/mol. The van der Waals surface area contributed by atoms with Crippen molar-refractivity contribution in [3.8, 4) is 0 Å². The average Bonchev–Trinajstić information content (AvgIpc) is 2.89. The van der Waals surface area contributed by atoms with Crippen LogP contribution in [0.5, 0.6) is 0 Å². The van der Waals surface area contributed by atoms with Crippen LogP contribution >= 0.6 is 11.8 Å². The van der Waals surface area contributed by atoms with Gasteiger partial charge in [-0.05, 0) is 50.3 Å². The molecule has 2 unspecified atom stereocenters. The third-order valence-corrected chi connectivity index (χ3v) is 6.01. The van der Waals surface area contributed by atoms with E-state index >= 15 is 0 Å². The molecule has 1 aliphatic heterocycles. The van der Waals surface area contributed by atoms with Crippen LogP contribution in [0.15, 0.2) is 29.2 Å². The highest BCUT2D eigenvalue weighted by Gasteiger charge is 2.40. The molecule has 0 radical (unpaired) electrons. The highest BCUT2D eigenvalue weighted by molar-refractivity contribution is 7.99. The smallest absolute Gasteiger partial charge is 0.0762 e. The third-order valence-electron chi connectivity index (χ3n) is 4.88. The molecule has 3 rings (SSSR count). The molecule has 0 bridgehead atoms. The van der Waals surface area contributed by atoms with E-state index < -0.39 is 6.10 Å². The largest absolute Gasteiger partial charge is 0.389 e. The molecule has 116 valence electrons. The first-order valence-corrected chi connectivity index (χ1v) is 9.24. The lowest BCUT2D eigenvalue weighted by molar-refractivity contribution is -0.0555. The molecule has 1 aliphatic carbocycles. The molecule has 1 aromatic rings. The van der Waals surface area contributed by atoms with Gasteiger partial charge in [-0.3, -0.25) is 0 Å². The summed E-state index contributed by atoms with van der Waals surface area (Å²) in [7, 11) is 0. The van der Waals surface area contributed by atoms with Crippen LogP contribution in [-0.4, -0.2) is 22.6 Å². The molecule has 21 heavy (non-hydrogen) atoms. The van der Waals surface area contributed by atoms with Gasteiger partial charge in [-0.1, -0.05) is 31.4 Å². The summed E-state index contributed by atoms with van der Waals surface area (Å²) in [5.41, 5.74) is 1.22. The van der Waals surface area contributed by atoms with E-state index in [-0.39, 0.29) is 5.60 Å². The van der Waals surface area contributed by atoms with Crippen molar-refractivity contribution in [2.24, 2.45) is 0 Å². The summed E-state index contributed by atoms with van der Waals surface area (Å²) in [6, 6.07) is 8.24. The van der Waals surface area contributed by atoms with Crippen LogP contribution in [-0.2, 0) is 4.74 Å². The minimum absolute atomic E-state index is 0.227. The number of hydrogen-bond donors (Lipinski definition) is 1. The van der Waals surface area contributed by atoms with Crippen molar-refractivity contribution in [2.75, 3.05) is 5.75 Å². The van der Waals surface area contributed by atoms with E-state index in [9.17, 15) is 5.11 Å². The molecular weight excluding hydrogens is 280 g/mol. The van der Waals surface area contributed by atoms with E-state index in [0.717, 1.165) is 11.3 Å². The van der Waals surface area contributed by atoms with Crippen molar-refractivity contribution in [1.82, 2.24) is 0 Å². The second kappa shape index (κ2) is 6.72. The molecule has 1 saturated carbocycles. The molecular formula is C18H26O2S. The van der Waals surface area contributed by atoms with Gasteiger partial charge in [0.05, 0.1) is 17.8 Å². The van der Waals surface area contributed by atoms with Crippen molar-refractivity contribution < 1.29 is 9.84 Å². The van der Waals surface area contributed by atoms with Crippen LogP contribution < -0.4 is 0 Å². The Morgan fingerprint density at radius 2 is 2.10 bits per heavy atom. The first-order chi connectivity index (χ1) is 10.2. The highest BCUT2D eigenvalue weighted by Crippen LogP contribution is 2.43. The molecule has 3 heteroatoms. The Morgan fingerprint density at radius 1 is 1.29 bits per heavy atom. The molecule has 1 saturated heterocycles. The van der Waals surface area contributed by atoms with Crippen molar-refractivity contribution in [3.05, 3.63) is 29.8 Å². The van der Waals surface area contributed by atoms with Crippen LogP contribution in [0.3, 0.4) is 0 Å². The maximum absolute atomic E-state index is 9.66. The van der Waals surface area contributed by atoms with Crippen LogP contribution in [0.1, 0.15) is 63.5 Å². The number of aliphatic hydroxyl groups is 1. The van der Waals surface area contributed by atoms with Crippen LogP contribution in [0, 0.1) is 0 Å². The topological polar surface area (TPSA) is 29.5 Å². The summed E-state index contributed by atoms with van der Waals surface area (Å²) < 4.78 is 6.42. The average molecular weight is 306 g/mol.